The van der Waals surface area contributed by atoms with Crippen molar-refractivity contribution in [2.75, 3.05) is 50.2 Å². The van der Waals surface area contributed by atoms with Gasteiger partial charge in [0.2, 0.25) is 5.91 Å². The summed E-state index contributed by atoms with van der Waals surface area (Å²) in [6.07, 6.45) is 0. The summed E-state index contributed by atoms with van der Waals surface area (Å²) in [6.45, 7) is 5.24. The third-order valence-corrected chi connectivity index (χ3v) is 6.19. The van der Waals surface area contributed by atoms with Crippen LogP contribution < -0.4 is 15.5 Å². The normalized spacial score (nSPS) is 15.1. The first-order chi connectivity index (χ1) is 14.0. The van der Waals surface area contributed by atoms with E-state index in [1.807, 2.05) is 25.1 Å². The molecule has 1 aromatic heterocycles. The zero-order valence-electron chi connectivity index (χ0n) is 16.4. The maximum Gasteiger partial charge on any atom is 0.262 e. The molecule has 7 nitrogen and oxygen atoms in total. The minimum absolute atomic E-state index is 0.0783. The molecule has 3 rings (SSSR count). The SMILES string of the molecule is COC[C@@H](NC(=O)c1ccc(Br)s1)C(=O)Nc1ccc(N2CCOCC2)c(C)c1. The summed E-state index contributed by atoms with van der Waals surface area (Å²) >= 11 is 4.64. The summed E-state index contributed by atoms with van der Waals surface area (Å²) in [7, 11) is 1.50. The van der Waals surface area contributed by atoms with Gasteiger partial charge in [-0.25, -0.2) is 0 Å². The number of rotatable bonds is 7. The van der Waals surface area contributed by atoms with Gasteiger partial charge in [-0.2, -0.15) is 0 Å². The van der Waals surface area contributed by atoms with Gasteiger partial charge in [0.25, 0.3) is 5.91 Å². The van der Waals surface area contributed by atoms with E-state index < -0.39 is 6.04 Å². The lowest BCUT2D eigenvalue weighted by molar-refractivity contribution is -0.119. The molecule has 1 aromatic carbocycles. The number of ether oxygens (including phenoxy) is 2. The molecule has 9 heteroatoms. The Balaban J connectivity index is 1.65. The highest BCUT2D eigenvalue weighted by Crippen LogP contribution is 2.25. The topological polar surface area (TPSA) is 79.9 Å². The van der Waals surface area contributed by atoms with Crippen molar-refractivity contribution in [2.24, 2.45) is 0 Å². The Hall–Kier alpha value is -1.94. The monoisotopic (exact) mass is 481 g/mol. The van der Waals surface area contributed by atoms with Crippen LogP contribution in [-0.4, -0.2) is 57.9 Å². The number of anilines is 2. The second-order valence-electron chi connectivity index (χ2n) is 6.68. The van der Waals surface area contributed by atoms with Crippen LogP contribution in [0.1, 0.15) is 15.2 Å². The van der Waals surface area contributed by atoms with Gasteiger partial charge >= 0.3 is 0 Å². The van der Waals surface area contributed by atoms with Crippen molar-refractivity contribution in [3.8, 4) is 0 Å². The van der Waals surface area contributed by atoms with Crippen molar-refractivity contribution < 1.29 is 19.1 Å². The quantitative estimate of drug-likeness (QED) is 0.635. The molecule has 0 bridgehead atoms. The smallest absolute Gasteiger partial charge is 0.262 e. The number of halogens is 1. The Morgan fingerprint density at radius 3 is 2.66 bits per heavy atom. The lowest BCUT2D eigenvalue weighted by Gasteiger charge is -2.30. The number of benzene rings is 1. The van der Waals surface area contributed by atoms with Crippen molar-refractivity contribution in [3.05, 3.63) is 44.6 Å². The van der Waals surface area contributed by atoms with E-state index in [4.69, 9.17) is 9.47 Å². The van der Waals surface area contributed by atoms with Gasteiger partial charge < -0.3 is 25.0 Å². The minimum Gasteiger partial charge on any atom is -0.382 e. The van der Waals surface area contributed by atoms with Gasteiger partial charge in [-0.3, -0.25) is 9.59 Å². The van der Waals surface area contributed by atoms with Crippen molar-refractivity contribution in [2.45, 2.75) is 13.0 Å². The van der Waals surface area contributed by atoms with Crippen molar-refractivity contribution in [1.29, 1.82) is 0 Å². The molecule has 0 saturated carbocycles. The van der Waals surface area contributed by atoms with Crippen LogP contribution in [0, 0.1) is 6.92 Å². The van der Waals surface area contributed by atoms with E-state index in [1.165, 1.54) is 18.4 Å². The van der Waals surface area contributed by atoms with E-state index in [2.05, 4.69) is 31.5 Å². The van der Waals surface area contributed by atoms with E-state index >= 15 is 0 Å². The first-order valence-corrected chi connectivity index (χ1v) is 10.9. The highest BCUT2D eigenvalue weighted by molar-refractivity contribution is 9.11. The first kappa shape index (κ1) is 21.8. The fraction of sp³-hybridized carbons (Fsp3) is 0.400. The summed E-state index contributed by atoms with van der Waals surface area (Å²) in [5.41, 5.74) is 2.88. The third kappa shape index (κ3) is 5.79. The number of carbonyl (C=O) groups excluding carboxylic acids is 2. The first-order valence-electron chi connectivity index (χ1n) is 9.27. The Kier molecular flexibility index (Phi) is 7.65. The number of aryl methyl sites for hydroxylation is 1. The van der Waals surface area contributed by atoms with Gasteiger partial charge in [-0.1, -0.05) is 0 Å². The van der Waals surface area contributed by atoms with Crippen molar-refractivity contribution >= 4 is 50.5 Å². The molecule has 156 valence electrons. The second-order valence-corrected chi connectivity index (χ2v) is 9.14. The Labute approximate surface area is 182 Å². The number of amides is 2. The predicted molar refractivity (Wildman–Crippen MR) is 118 cm³/mol. The van der Waals surface area contributed by atoms with E-state index in [-0.39, 0.29) is 18.4 Å². The van der Waals surface area contributed by atoms with Crippen LogP contribution in [0.3, 0.4) is 0 Å². The molecule has 0 radical (unpaired) electrons. The van der Waals surface area contributed by atoms with Gasteiger partial charge in [0.05, 0.1) is 28.5 Å². The number of nitrogens with zero attached hydrogens (tertiary/aromatic N) is 1. The molecule has 0 spiro atoms. The number of hydrogen-bond donors (Lipinski definition) is 2. The summed E-state index contributed by atoms with van der Waals surface area (Å²) in [5.74, 6) is -0.633. The van der Waals surface area contributed by atoms with Crippen molar-refractivity contribution in [1.82, 2.24) is 5.32 Å². The molecule has 1 aliphatic heterocycles. The Morgan fingerprint density at radius 2 is 2.03 bits per heavy atom. The fourth-order valence-corrected chi connectivity index (χ4v) is 4.43. The molecule has 2 heterocycles. The van der Waals surface area contributed by atoms with Gasteiger partial charge in [-0.05, 0) is 58.7 Å². The standard InChI is InChI=1S/C20H24BrN3O4S/c1-13-11-14(3-4-16(13)24-7-9-28-10-8-24)22-19(25)15(12-27-2)23-20(26)17-5-6-18(21)29-17/h3-6,11,15H,7-10,12H2,1-2H3,(H,22,25)(H,23,26)/t15-/m1/s1. The fourth-order valence-electron chi connectivity index (χ4n) is 3.14. The number of methoxy groups -OCH3 is 1. The van der Waals surface area contributed by atoms with E-state index in [0.29, 0.717) is 10.6 Å². The molecule has 0 unspecified atom stereocenters. The zero-order chi connectivity index (χ0) is 20.8. The van der Waals surface area contributed by atoms with Gasteiger partial charge in [0.1, 0.15) is 6.04 Å². The molecule has 0 aliphatic carbocycles. The molecule has 1 saturated heterocycles. The van der Waals surface area contributed by atoms with Crippen LogP contribution in [0.25, 0.3) is 0 Å². The van der Waals surface area contributed by atoms with Crippen LogP contribution in [0.5, 0.6) is 0 Å². The van der Waals surface area contributed by atoms with E-state index in [1.54, 1.807) is 12.1 Å². The number of thiophene rings is 1. The third-order valence-electron chi connectivity index (χ3n) is 4.57. The highest BCUT2D eigenvalue weighted by Gasteiger charge is 2.23. The zero-order valence-corrected chi connectivity index (χ0v) is 18.8. The van der Waals surface area contributed by atoms with Gasteiger partial charge in [0, 0.05) is 31.6 Å². The number of carbonyl (C=O) groups is 2. The minimum atomic E-state index is -0.799. The molecule has 1 atom stereocenters. The summed E-state index contributed by atoms with van der Waals surface area (Å²) in [5, 5.41) is 5.61. The summed E-state index contributed by atoms with van der Waals surface area (Å²) < 4.78 is 11.4. The number of hydrogen-bond acceptors (Lipinski definition) is 6. The van der Waals surface area contributed by atoms with Crippen LogP contribution in [0.4, 0.5) is 11.4 Å². The largest absolute Gasteiger partial charge is 0.382 e. The average Bonchev–Trinajstić information content (AvgIpc) is 3.15. The Morgan fingerprint density at radius 1 is 1.28 bits per heavy atom. The lowest BCUT2D eigenvalue weighted by Crippen LogP contribution is -2.46. The highest BCUT2D eigenvalue weighted by atomic mass is 79.9. The maximum absolute atomic E-state index is 12.7. The van der Waals surface area contributed by atoms with Gasteiger partial charge in [-0.15, -0.1) is 11.3 Å². The van der Waals surface area contributed by atoms with Crippen LogP contribution >= 0.6 is 27.3 Å². The summed E-state index contributed by atoms with van der Waals surface area (Å²) in [4.78, 5) is 27.9. The number of morpholine rings is 1. The Bertz CT molecular complexity index is 867. The van der Waals surface area contributed by atoms with Crippen LogP contribution in [0.2, 0.25) is 0 Å². The van der Waals surface area contributed by atoms with E-state index in [9.17, 15) is 9.59 Å². The molecule has 2 N–H and O–H groups in total. The lowest BCUT2D eigenvalue weighted by atomic mass is 10.1. The summed E-state index contributed by atoms with van der Waals surface area (Å²) in [6, 6.07) is 8.52. The molecular formula is C20H24BrN3O4S. The van der Waals surface area contributed by atoms with Crippen LogP contribution in [0.15, 0.2) is 34.1 Å². The second kappa shape index (κ2) is 10.2. The molecular weight excluding hydrogens is 458 g/mol. The van der Waals surface area contributed by atoms with Gasteiger partial charge in [0.15, 0.2) is 0 Å². The number of nitrogens with one attached hydrogen (secondary N) is 2. The average molecular weight is 482 g/mol. The molecule has 29 heavy (non-hydrogen) atoms. The van der Waals surface area contributed by atoms with E-state index in [0.717, 1.165) is 41.3 Å². The van der Waals surface area contributed by atoms with Crippen LogP contribution in [-0.2, 0) is 14.3 Å². The molecule has 2 aromatic rings. The molecule has 1 aliphatic rings. The van der Waals surface area contributed by atoms with Crippen molar-refractivity contribution in [3.63, 3.8) is 0 Å². The molecule has 2 amide bonds. The predicted octanol–water partition coefficient (Wildman–Crippen LogP) is 3.04. The maximum atomic E-state index is 12.7. The molecule has 1 fully saturated rings.